The van der Waals surface area contributed by atoms with Gasteiger partial charge in [-0.15, -0.1) is 0 Å². The Morgan fingerprint density at radius 1 is 1.06 bits per heavy atom. The summed E-state index contributed by atoms with van der Waals surface area (Å²) in [4.78, 5) is 41.7. The van der Waals surface area contributed by atoms with Gasteiger partial charge in [-0.25, -0.2) is 9.37 Å². The summed E-state index contributed by atoms with van der Waals surface area (Å²) in [7, 11) is 0. The summed E-state index contributed by atoms with van der Waals surface area (Å²) in [5.41, 5.74) is 3.05. The predicted octanol–water partition coefficient (Wildman–Crippen LogP) is 3.68. The number of fused-ring (bicyclic) bond motifs is 1. The average molecular weight is 447 g/mol. The molecule has 0 unspecified atom stereocenters. The number of aryl methyl sites for hydroxylation is 2. The Bertz CT molecular complexity index is 1450. The maximum Gasteiger partial charge on any atom is 0.326 e. The van der Waals surface area contributed by atoms with Gasteiger partial charge in [0, 0.05) is 22.6 Å². The van der Waals surface area contributed by atoms with E-state index in [1.54, 1.807) is 60.9 Å². The highest BCUT2D eigenvalue weighted by atomic mass is 19.1. The lowest BCUT2D eigenvalue weighted by molar-refractivity contribution is -0.143. The molecule has 0 bridgehead atoms. The first kappa shape index (κ1) is 22.1. The Balaban J connectivity index is 1.47. The van der Waals surface area contributed by atoms with E-state index >= 15 is 0 Å². The van der Waals surface area contributed by atoms with Crippen molar-refractivity contribution in [1.82, 2.24) is 14.1 Å². The Morgan fingerprint density at radius 3 is 2.58 bits per heavy atom. The van der Waals surface area contributed by atoms with Crippen molar-refractivity contribution >= 4 is 22.7 Å². The second-order valence-corrected chi connectivity index (χ2v) is 7.83. The van der Waals surface area contributed by atoms with Crippen LogP contribution in [0, 0.1) is 26.6 Å². The van der Waals surface area contributed by atoms with E-state index in [1.165, 1.54) is 12.4 Å². The second kappa shape index (κ2) is 8.82. The molecule has 2 heterocycles. The maximum atomic E-state index is 14.0. The van der Waals surface area contributed by atoms with Gasteiger partial charge in [0.05, 0.1) is 17.2 Å². The van der Waals surface area contributed by atoms with Gasteiger partial charge in [-0.1, -0.05) is 18.2 Å². The highest BCUT2D eigenvalue weighted by Gasteiger charge is 2.19. The number of aromatic nitrogens is 3. The molecule has 0 N–H and O–H groups in total. The van der Waals surface area contributed by atoms with E-state index in [0.717, 1.165) is 10.3 Å². The minimum Gasteiger partial charge on any atom is -0.456 e. The molecule has 7 nitrogen and oxygen atoms in total. The fourth-order valence-electron chi connectivity index (χ4n) is 3.79. The lowest BCUT2D eigenvalue weighted by Crippen LogP contribution is -2.26. The van der Waals surface area contributed by atoms with Crippen molar-refractivity contribution in [3.63, 3.8) is 0 Å². The number of benzene rings is 2. The van der Waals surface area contributed by atoms with Crippen LogP contribution in [-0.2, 0) is 16.1 Å². The molecule has 0 saturated heterocycles. The summed E-state index contributed by atoms with van der Waals surface area (Å²) in [6.07, 6.45) is 1.28. The van der Waals surface area contributed by atoms with Gasteiger partial charge in [-0.2, -0.15) is 0 Å². The number of Topliss-reactive ketones (excluding diaryl/α,β-unsaturated/α-hetero) is 1. The molecular weight excluding hydrogens is 425 g/mol. The summed E-state index contributed by atoms with van der Waals surface area (Å²) >= 11 is 0. The molecule has 4 aromatic rings. The van der Waals surface area contributed by atoms with Crippen molar-refractivity contribution < 1.29 is 18.7 Å². The molecule has 0 spiro atoms. The molecule has 0 atom stereocenters. The van der Waals surface area contributed by atoms with Gasteiger partial charge >= 0.3 is 5.97 Å². The SMILES string of the molecule is Cc1ccc(-n2c(C)cc(C(=O)COC(=O)Cn3cnc4ccccc4c3=O)c2C)cc1F. The number of hydrogen-bond donors (Lipinski definition) is 0. The van der Waals surface area contributed by atoms with Crippen LogP contribution in [0.3, 0.4) is 0 Å². The van der Waals surface area contributed by atoms with Crippen molar-refractivity contribution in [3.05, 3.63) is 93.5 Å². The number of ketones is 1. The van der Waals surface area contributed by atoms with Crippen LogP contribution < -0.4 is 5.56 Å². The lowest BCUT2D eigenvalue weighted by atomic mass is 10.1. The first-order valence-corrected chi connectivity index (χ1v) is 10.3. The van der Waals surface area contributed by atoms with Gasteiger partial charge < -0.3 is 9.30 Å². The summed E-state index contributed by atoms with van der Waals surface area (Å²) in [6.45, 7) is 4.42. The van der Waals surface area contributed by atoms with E-state index in [-0.39, 0.29) is 23.7 Å². The van der Waals surface area contributed by atoms with Gasteiger partial charge in [0.1, 0.15) is 12.4 Å². The zero-order valence-electron chi connectivity index (χ0n) is 18.5. The van der Waals surface area contributed by atoms with Gasteiger partial charge in [0.2, 0.25) is 5.78 Å². The molecular formula is C25H22FN3O4. The van der Waals surface area contributed by atoms with Gasteiger partial charge in [0.15, 0.2) is 6.61 Å². The van der Waals surface area contributed by atoms with Crippen molar-refractivity contribution in [2.24, 2.45) is 0 Å². The summed E-state index contributed by atoms with van der Waals surface area (Å²) in [6, 6.07) is 13.4. The highest BCUT2D eigenvalue weighted by molar-refractivity contribution is 5.99. The van der Waals surface area contributed by atoms with Crippen LogP contribution in [0.2, 0.25) is 0 Å². The Labute approximate surface area is 189 Å². The molecule has 0 aliphatic rings. The number of para-hydroxylation sites is 1. The maximum absolute atomic E-state index is 14.0. The fraction of sp³-hybridized carbons (Fsp3) is 0.200. The quantitative estimate of drug-likeness (QED) is 0.333. The number of halogens is 1. The largest absolute Gasteiger partial charge is 0.456 e. The lowest BCUT2D eigenvalue weighted by Gasteiger charge is -2.11. The third kappa shape index (κ3) is 4.32. The highest BCUT2D eigenvalue weighted by Crippen LogP contribution is 2.23. The topological polar surface area (TPSA) is 83.2 Å². The third-order valence-corrected chi connectivity index (χ3v) is 5.54. The van der Waals surface area contributed by atoms with Crippen LogP contribution in [0.15, 0.2) is 59.7 Å². The van der Waals surface area contributed by atoms with Crippen LogP contribution in [0.5, 0.6) is 0 Å². The number of carbonyl (C=O) groups excluding carboxylic acids is 2. The van der Waals surface area contributed by atoms with Crippen LogP contribution >= 0.6 is 0 Å². The minimum atomic E-state index is -0.725. The summed E-state index contributed by atoms with van der Waals surface area (Å²) in [5.74, 6) is -1.45. The standard InChI is InChI=1S/C25H22FN3O4/c1-15-8-9-18(11-21(15)26)29-16(2)10-20(17(29)3)23(30)13-33-24(31)12-28-14-27-22-7-5-4-6-19(22)25(28)32/h4-11,14H,12-13H2,1-3H3. The molecule has 8 heteroatoms. The third-order valence-electron chi connectivity index (χ3n) is 5.54. The molecule has 0 radical (unpaired) electrons. The second-order valence-electron chi connectivity index (χ2n) is 7.83. The molecule has 2 aromatic carbocycles. The van der Waals surface area contributed by atoms with Crippen molar-refractivity contribution in [3.8, 4) is 5.69 Å². The van der Waals surface area contributed by atoms with Crippen LogP contribution in [0.25, 0.3) is 16.6 Å². The number of carbonyl (C=O) groups is 2. The zero-order valence-corrected chi connectivity index (χ0v) is 18.5. The van der Waals surface area contributed by atoms with Crippen molar-refractivity contribution in [2.45, 2.75) is 27.3 Å². The molecule has 0 aliphatic carbocycles. The van der Waals surface area contributed by atoms with Crippen LogP contribution in [0.1, 0.15) is 27.3 Å². The van der Waals surface area contributed by atoms with Gasteiger partial charge in [0.25, 0.3) is 5.56 Å². The van der Waals surface area contributed by atoms with E-state index in [9.17, 15) is 18.8 Å². The van der Waals surface area contributed by atoms with E-state index in [2.05, 4.69) is 4.98 Å². The Hall–Kier alpha value is -4.07. The van der Waals surface area contributed by atoms with Crippen molar-refractivity contribution in [1.29, 1.82) is 0 Å². The molecule has 33 heavy (non-hydrogen) atoms. The zero-order chi connectivity index (χ0) is 23.7. The predicted molar refractivity (Wildman–Crippen MR) is 121 cm³/mol. The molecule has 0 amide bonds. The molecule has 2 aromatic heterocycles. The monoisotopic (exact) mass is 447 g/mol. The Morgan fingerprint density at radius 2 is 1.82 bits per heavy atom. The van der Waals surface area contributed by atoms with E-state index in [0.29, 0.717) is 33.4 Å². The molecule has 0 fully saturated rings. The Kier molecular flexibility index (Phi) is 5.91. The smallest absolute Gasteiger partial charge is 0.326 e. The van der Waals surface area contributed by atoms with Crippen molar-refractivity contribution in [2.75, 3.05) is 6.61 Å². The number of nitrogens with zero attached hydrogens (tertiary/aromatic N) is 3. The molecule has 0 aliphatic heterocycles. The molecule has 0 saturated carbocycles. The molecule has 4 rings (SSSR count). The number of ether oxygens (including phenoxy) is 1. The van der Waals surface area contributed by atoms with E-state index in [1.807, 2.05) is 6.92 Å². The first-order chi connectivity index (χ1) is 15.8. The van der Waals surface area contributed by atoms with Gasteiger partial charge in [-0.3, -0.25) is 19.0 Å². The van der Waals surface area contributed by atoms with Crippen LogP contribution in [-0.4, -0.2) is 32.5 Å². The fourth-order valence-corrected chi connectivity index (χ4v) is 3.79. The minimum absolute atomic E-state index is 0.333. The number of esters is 1. The van der Waals surface area contributed by atoms with Crippen LogP contribution in [0.4, 0.5) is 4.39 Å². The number of hydrogen-bond acceptors (Lipinski definition) is 5. The van der Waals surface area contributed by atoms with Gasteiger partial charge in [-0.05, 0) is 56.7 Å². The number of rotatable bonds is 6. The first-order valence-electron chi connectivity index (χ1n) is 10.3. The normalized spacial score (nSPS) is 11.0. The summed E-state index contributed by atoms with van der Waals surface area (Å²) < 4.78 is 22.1. The average Bonchev–Trinajstić information content (AvgIpc) is 3.10. The van der Waals surface area contributed by atoms with E-state index < -0.39 is 12.6 Å². The van der Waals surface area contributed by atoms with E-state index in [4.69, 9.17) is 4.74 Å². The molecule has 168 valence electrons. The summed E-state index contributed by atoms with van der Waals surface area (Å²) in [5, 5.41) is 0.392.